The molecule has 0 saturated carbocycles. The maximum Gasteiger partial charge on any atom is 0.315 e. The van der Waals surface area contributed by atoms with Crippen molar-refractivity contribution >= 4 is 29.0 Å². The Labute approximate surface area is 158 Å². The molecule has 134 valence electrons. The van der Waals surface area contributed by atoms with Gasteiger partial charge in [0, 0.05) is 30.6 Å². The molecule has 1 aromatic heterocycles. The molecule has 1 aliphatic rings. The monoisotopic (exact) mass is 377 g/mol. The molecule has 6 heteroatoms. The van der Waals surface area contributed by atoms with E-state index >= 15 is 0 Å². The predicted octanol–water partition coefficient (Wildman–Crippen LogP) is 4.43. The average Bonchev–Trinajstić information content (AvgIpc) is 3.04. The van der Waals surface area contributed by atoms with Gasteiger partial charge in [-0.05, 0) is 37.5 Å². The average molecular weight is 378 g/mol. The first-order valence-electron chi connectivity index (χ1n) is 8.68. The van der Waals surface area contributed by atoms with E-state index in [1.54, 1.807) is 0 Å². The summed E-state index contributed by atoms with van der Waals surface area (Å²) in [6, 6.07) is 14.5. The molecule has 4 nitrogen and oxygen atoms in total. The van der Waals surface area contributed by atoms with Gasteiger partial charge in [0.05, 0.1) is 10.4 Å². The number of hydrogen-bond donors (Lipinski definition) is 2. The summed E-state index contributed by atoms with van der Waals surface area (Å²) in [7, 11) is 0. The van der Waals surface area contributed by atoms with Crippen molar-refractivity contribution in [2.24, 2.45) is 0 Å². The molecule has 1 fully saturated rings. The van der Waals surface area contributed by atoms with Crippen LogP contribution in [-0.2, 0) is 6.54 Å². The van der Waals surface area contributed by atoms with E-state index in [-0.39, 0.29) is 18.1 Å². The molecule has 2 aromatic rings. The van der Waals surface area contributed by atoms with Crippen LogP contribution >= 0.6 is 22.9 Å². The number of halogens is 1. The fourth-order valence-electron chi connectivity index (χ4n) is 3.13. The molecule has 1 atom stereocenters. The number of hydrogen-bond acceptors (Lipinski definition) is 3. The fraction of sp³-hybridized carbons (Fsp3) is 0.421. The quantitative estimate of drug-likeness (QED) is 0.809. The van der Waals surface area contributed by atoms with Crippen LogP contribution in [0, 0.1) is 0 Å². The number of benzene rings is 1. The smallest absolute Gasteiger partial charge is 0.315 e. The number of amides is 2. The standard InChI is InChI=1S/C19H24ClN3OS/c1-14(17-7-8-18(20)25-17)21-19(24)22-16-9-11-23(12-10-16)13-15-5-3-2-4-6-15/h2-8,14,16H,9-13H2,1H3,(H2,21,22,24). The molecule has 2 heterocycles. The van der Waals surface area contributed by atoms with Gasteiger partial charge in [-0.1, -0.05) is 41.9 Å². The van der Waals surface area contributed by atoms with Crippen LogP contribution in [0.2, 0.25) is 4.34 Å². The van der Waals surface area contributed by atoms with Gasteiger partial charge >= 0.3 is 6.03 Å². The molecule has 25 heavy (non-hydrogen) atoms. The van der Waals surface area contributed by atoms with Crippen LogP contribution in [0.3, 0.4) is 0 Å². The minimum absolute atomic E-state index is 0.0318. The number of nitrogens with zero attached hydrogens (tertiary/aromatic N) is 1. The SMILES string of the molecule is CC(NC(=O)NC1CCN(Cc2ccccc2)CC1)c1ccc(Cl)s1. The Morgan fingerprint density at radius 1 is 1.24 bits per heavy atom. The number of rotatable bonds is 5. The molecular weight excluding hydrogens is 354 g/mol. The molecule has 2 N–H and O–H groups in total. The number of likely N-dealkylation sites (tertiary alicyclic amines) is 1. The molecule has 0 radical (unpaired) electrons. The van der Waals surface area contributed by atoms with Gasteiger partial charge in [-0.15, -0.1) is 11.3 Å². The number of urea groups is 1. The Hall–Kier alpha value is -1.56. The lowest BCUT2D eigenvalue weighted by Crippen LogP contribution is -2.48. The summed E-state index contributed by atoms with van der Waals surface area (Å²) in [4.78, 5) is 15.7. The van der Waals surface area contributed by atoms with Gasteiger partial charge in [0.15, 0.2) is 0 Å². The summed E-state index contributed by atoms with van der Waals surface area (Å²) in [6.45, 7) is 4.98. The zero-order valence-electron chi connectivity index (χ0n) is 14.4. The first kappa shape index (κ1) is 18.2. The molecule has 0 spiro atoms. The number of piperidine rings is 1. The van der Waals surface area contributed by atoms with Crippen molar-refractivity contribution in [2.75, 3.05) is 13.1 Å². The first-order chi connectivity index (χ1) is 12.1. The van der Waals surface area contributed by atoms with Crippen LogP contribution in [0.15, 0.2) is 42.5 Å². The third-order valence-corrected chi connectivity index (χ3v) is 5.95. The van der Waals surface area contributed by atoms with Crippen molar-refractivity contribution in [1.29, 1.82) is 0 Å². The van der Waals surface area contributed by atoms with Crippen LogP contribution in [0.1, 0.15) is 36.2 Å². The highest BCUT2D eigenvalue weighted by Gasteiger charge is 2.21. The highest BCUT2D eigenvalue weighted by atomic mass is 35.5. The highest BCUT2D eigenvalue weighted by molar-refractivity contribution is 7.16. The number of carbonyl (C=O) groups excluding carboxylic acids is 1. The van der Waals surface area contributed by atoms with Crippen molar-refractivity contribution in [1.82, 2.24) is 15.5 Å². The molecule has 1 aromatic carbocycles. The topological polar surface area (TPSA) is 44.4 Å². The van der Waals surface area contributed by atoms with E-state index in [1.165, 1.54) is 16.9 Å². The van der Waals surface area contributed by atoms with Crippen LogP contribution in [0.4, 0.5) is 4.79 Å². The summed E-state index contributed by atoms with van der Waals surface area (Å²) in [5.41, 5.74) is 1.34. The molecule has 0 bridgehead atoms. The van der Waals surface area contributed by atoms with Gasteiger partial charge in [0.1, 0.15) is 0 Å². The lowest BCUT2D eigenvalue weighted by molar-refractivity contribution is 0.186. The van der Waals surface area contributed by atoms with Gasteiger partial charge in [0.25, 0.3) is 0 Å². The van der Waals surface area contributed by atoms with E-state index in [1.807, 2.05) is 25.1 Å². The van der Waals surface area contributed by atoms with E-state index < -0.39 is 0 Å². The van der Waals surface area contributed by atoms with Gasteiger partial charge in [0.2, 0.25) is 0 Å². The maximum absolute atomic E-state index is 12.2. The highest BCUT2D eigenvalue weighted by Crippen LogP contribution is 2.26. The van der Waals surface area contributed by atoms with Gasteiger partial charge in [-0.25, -0.2) is 4.79 Å². The fourth-order valence-corrected chi connectivity index (χ4v) is 4.20. The number of nitrogens with one attached hydrogen (secondary N) is 2. The maximum atomic E-state index is 12.2. The van der Waals surface area contributed by atoms with Crippen LogP contribution < -0.4 is 10.6 Å². The van der Waals surface area contributed by atoms with Gasteiger partial charge in [-0.2, -0.15) is 0 Å². The Morgan fingerprint density at radius 3 is 2.60 bits per heavy atom. The van der Waals surface area contributed by atoms with Crippen molar-refractivity contribution < 1.29 is 4.79 Å². The van der Waals surface area contributed by atoms with E-state index in [2.05, 4.69) is 39.8 Å². The van der Waals surface area contributed by atoms with E-state index in [0.29, 0.717) is 0 Å². The first-order valence-corrected chi connectivity index (χ1v) is 9.88. The Kier molecular flexibility index (Phi) is 6.34. The third-order valence-electron chi connectivity index (χ3n) is 4.54. The zero-order chi connectivity index (χ0) is 17.6. The summed E-state index contributed by atoms with van der Waals surface area (Å²) >= 11 is 7.46. The van der Waals surface area contributed by atoms with Crippen molar-refractivity contribution in [3.05, 3.63) is 57.2 Å². The molecule has 2 amide bonds. The van der Waals surface area contributed by atoms with Crippen LogP contribution in [0.5, 0.6) is 0 Å². The minimum atomic E-state index is -0.0986. The lowest BCUT2D eigenvalue weighted by atomic mass is 10.0. The lowest BCUT2D eigenvalue weighted by Gasteiger charge is -2.32. The van der Waals surface area contributed by atoms with Crippen molar-refractivity contribution in [2.45, 2.75) is 38.4 Å². The summed E-state index contributed by atoms with van der Waals surface area (Å²) in [6.07, 6.45) is 1.97. The molecule has 3 rings (SSSR count). The second-order valence-corrected chi connectivity index (χ2v) is 8.26. The molecule has 1 aliphatic heterocycles. The summed E-state index contributed by atoms with van der Waals surface area (Å²) in [5, 5.41) is 6.10. The van der Waals surface area contributed by atoms with E-state index in [9.17, 15) is 4.79 Å². The molecule has 0 aliphatic carbocycles. The van der Waals surface area contributed by atoms with E-state index in [0.717, 1.165) is 41.7 Å². The van der Waals surface area contributed by atoms with Gasteiger partial charge < -0.3 is 10.6 Å². The largest absolute Gasteiger partial charge is 0.335 e. The second-order valence-electron chi connectivity index (χ2n) is 6.52. The van der Waals surface area contributed by atoms with Crippen molar-refractivity contribution in [3.63, 3.8) is 0 Å². The van der Waals surface area contributed by atoms with Crippen LogP contribution in [-0.4, -0.2) is 30.1 Å². The van der Waals surface area contributed by atoms with Crippen LogP contribution in [0.25, 0.3) is 0 Å². The minimum Gasteiger partial charge on any atom is -0.335 e. The normalized spacial score (nSPS) is 17.2. The number of thiophene rings is 1. The summed E-state index contributed by atoms with van der Waals surface area (Å²) in [5.74, 6) is 0. The molecule has 1 saturated heterocycles. The van der Waals surface area contributed by atoms with Gasteiger partial charge in [-0.3, -0.25) is 4.90 Å². The molecule has 1 unspecified atom stereocenters. The Balaban J connectivity index is 1.40. The Bertz CT molecular complexity index is 683. The zero-order valence-corrected chi connectivity index (χ0v) is 15.9. The predicted molar refractivity (Wildman–Crippen MR) is 104 cm³/mol. The summed E-state index contributed by atoms with van der Waals surface area (Å²) < 4.78 is 0.745. The second kappa shape index (κ2) is 8.70. The van der Waals surface area contributed by atoms with E-state index in [4.69, 9.17) is 11.6 Å². The Morgan fingerprint density at radius 2 is 1.96 bits per heavy atom. The number of carbonyl (C=O) groups is 1. The third kappa shape index (κ3) is 5.46. The van der Waals surface area contributed by atoms with Crippen molar-refractivity contribution in [3.8, 4) is 0 Å². The molecular formula is C19H24ClN3OS.